The third kappa shape index (κ3) is 3.78. The summed E-state index contributed by atoms with van der Waals surface area (Å²) in [6.45, 7) is 4.57. The summed E-state index contributed by atoms with van der Waals surface area (Å²) in [5.41, 5.74) is 3.12. The van der Waals surface area contributed by atoms with Gasteiger partial charge in [0.1, 0.15) is 0 Å². The second-order valence-electron chi connectivity index (χ2n) is 4.23. The van der Waals surface area contributed by atoms with Crippen molar-refractivity contribution in [3.05, 3.63) is 78.6 Å². The summed E-state index contributed by atoms with van der Waals surface area (Å²) in [7, 11) is 1.95. The summed E-state index contributed by atoms with van der Waals surface area (Å²) >= 11 is 0. The fourth-order valence-electron chi connectivity index (χ4n) is 1.80. The van der Waals surface area contributed by atoms with E-state index < -0.39 is 0 Å². The molecule has 19 heavy (non-hydrogen) atoms. The van der Waals surface area contributed by atoms with E-state index in [4.69, 9.17) is 0 Å². The van der Waals surface area contributed by atoms with Crippen molar-refractivity contribution in [1.82, 2.24) is 9.99 Å². The highest BCUT2D eigenvalue weighted by molar-refractivity contribution is 6.08. The molecule has 0 N–H and O–H groups in total. The van der Waals surface area contributed by atoms with Gasteiger partial charge < -0.3 is 0 Å². The molecule has 0 amide bonds. The standard InChI is InChI=1S/C16H17N3/c1-3-16(15-7-5-4-6-8-15)18-19(2)13-14-9-11-17-12-10-14/h3-12H,1,13H2,2H3/b18-16-. The molecule has 0 radical (unpaired) electrons. The van der Waals surface area contributed by atoms with E-state index in [-0.39, 0.29) is 0 Å². The Morgan fingerprint density at radius 2 is 1.89 bits per heavy atom. The summed E-state index contributed by atoms with van der Waals surface area (Å²) in [6, 6.07) is 14.0. The Morgan fingerprint density at radius 1 is 1.21 bits per heavy atom. The number of pyridine rings is 1. The van der Waals surface area contributed by atoms with E-state index in [2.05, 4.69) is 16.7 Å². The Labute approximate surface area is 113 Å². The van der Waals surface area contributed by atoms with E-state index in [0.29, 0.717) is 0 Å². The number of nitrogens with zero attached hydrogens (tertiary/aromatic N) is 3. The lowest BCUT2D eigenvalue weighted by molar-refractivity contribution is 0.347. The molecule has 0 saturated heterocycles. The van der Waals surface area contributed by atoms with Crippen molar-refractivity contribution in [2.45, 2.75) is 6.54 Å². The Balaban J connectivity index is 2.12. The van der Waals surface area contributed by atoms with Crippen LogP contribution in [0.15, 0.2) is 72.6 Å². The molecule has 0 bridgehead atoms. The van der Waals surface area contributed by atoms with Crippen molar-refractivity contribution in [1.29, 1.82) is 0 Å². The maximum absolute atomic E-state index is 4.57. The molecule has 2 rings (SSSR count). The van der Waals surface area contributed by atoms with Gasteiger partial charge in [0.15, 0.2) is 0 Å². The highest BCUT2D eigenvalue weighted by atomic mass is 15.4. The topological polar surface area (TPSA) is 28.5 Å². The van der Waals surface area contributed by atoms with Gasteiger partial charge in [0.05, 0.1) is 12.3 Å². The van der Waals surface area contributed by atoms with Gasteiger partial charge in [-0.3, -0.25) is 9.99 Å². The summed E-state index contributed by atoms with van der Waals surface area (Å²) in [4.78, 5) is 4.01. The largest absolute Gasteiger partial charge is 0.295 e. The third-order valence-corrected chi connectivity index (χ3v) is 2.70. The molecule has 1 heterocycles. The molecule has 0 fully saturated rings. The summed E-state index contributed by atoms with van der Waals surface area (Å²) < 4.78 is 0. The number of aromatic nitrogens is 1. The Hall–Kier alpha value is -2.42. The molecule has 0 aliphatic heterocycles. The summed E-state index contributed by atoms with van der Waals surface area (Å²) in [5, 5.41) is 6.47. The number of benzene rings is 1. The Kier molecular flexibility index (Phi) is 4.45. The first-order valence-electron chi connectivity index (χ1n) is 6.16. The van der Waals surface area contributed by atoms with E-state index in [9.17, 15) is 0 Å². The molecule has 0 saturated carbocycles. The lowest BCUT2D eigenvalue weighted by atomic mass is 10.1. The Morgan fingerprint density at radius 3 is 2.53 bits per heavy atom. The minimum atomic E-state index is 0.743. The van der Waals surface area contributed by atoms with Crippen molar-refractivity contribution in [2.24, 2.45) is 5.10 Å². The second kappa shape index (κ2) is 6.50. The van der Waals surface area contributed by atoms with Crippen molar-refractivity contribution in [2.75, 3.05) is 7.05 Å². The number of hydrogen-bond acceptors (Lipinski definition) is 3. The zero-order valence-corrected chi connectivity index (χ0v) is 11.0. The second-order valence-corrected chi connectivity index (χ2v) is 4.23. The van der Waals surface area contributed by atoms with Crippen molar-refractivity contribution in [3.8, 4) is 0 Å². The van der Waals surface area contributed by atoms with Gasteiger partial charge in [0.2, 0.25) is 0 Å². The number of hydrazone groups is 1. The van der Waals surface area contributed by atoms with E-state index in [1.165, 1.54) is 5.56 Å². The summed E-state index contributed by atoms with van der Waals surface area (Å²) in [5.74, 6) is 0. The van der Waals surface area contributed by atoms with Gasteiger partial charge in [0, 0.05) is 25.0 Å². The average Bonchev–Trinajstić information content (AvgIpc) is 2.47. The molecular formula is C16H17N3. The molecule has 0 aliphatic carbocycles. The fraction of sp³-hybridized carbons (Fsp3) is 0.125. The van der Waals surface area contributed by atoms with Crippen LogP contribution in [0.4, 0.5) is 0 Å². The minimum absolute atomic E-state index is 0.743. The Bertz CT molecular complexity index is 547. The van der Waals surface area contributed by atoms with Crippen LogP contribution in [-0.2, 0) is 6.54 Å². The first-order valence-corrected chi connectivity index (χ1v) is 6.16. The van der Waals surface area contributed by atoms with Crippen LogP contribution in [0.5, 0.6) is 0 Å². The molecular weight excluding hydrogens is 234 g/mol. The molecule has 0 spiro atoms. The highest BCUT2D eigenvalue weighted by Crippen LogP contribution is 2.06. The maximum Gasteiger partial charge on any atom is 0.0898 e. The normalized spacial score (nSPS) is 11.1. The van der Waals surface area contributed by atoms with E-state index in [1.54, 1.807) is 18.5 Å². The molecule has 3 nitrogen and oxygen atoms in total. The van der Waals surface area contributed by atoms with Crippen LogP contribution in [0.25, 0.3) is 0 Å². The van der Waals surface area contributed by atoms with Gasteiger partial charge in [0.25, 0.3) is 0 Å². The maximum atomic E-state index is 4.57. The molecule has 1 aromatic heterocycles. The van der Waals surface area contributed by atoms with Gasteiger partial charge in [-0.1, -0.05) is 36.9 Å². The predicted molar refractivity (Wildman–Crippen MR) is 78.9 cm³/mol. The lowest BCUT2D eigenvalue weighted by Crippen LogP contribution is -2.14. The zero-order chi connectivity index (χ0) is 13.5. The van der Waals surface area contributed by atoms with E-state index >= 15 is 0 Å². The van der Waals surface area contributed by atoms with Gasteiger partial charge >= 0.3 is 0 Å². The zero-order valence-electron chi connectivity index (χ0n) is 11.0. The van der Waals surface area contributed by atoms with Gasteiger partial charge in [-0.05, 0) is 23.8 Å². The van der Waals surface area contributed by atoms with Crippen LogP contribution < -0.4 is 0 Å². The molecule has 1 aromatic carbocycles. The van der Waals surface area contributed by atoms with Crippen LogP contribution in [0, 0.1) is 0 Å². The molecule has 2 aromatic rings. The van der Waals surface area contributed by atoms with Crippen LogP contribution in [-0.4, -0.2) is 22.8 Å². The monoisotopic (exact) mass is 251 g/mol. The van der Waals surface area contributed by atoms with Crippen molar-refractivity contribution >= 4 is 5.71 Å². The predicted octanol–water partition coefficient (Wildman–Crippen LogP) is 3.10. The van der Waals surface area contributed by atoms with Crippen LogP contribution >= 0.6 is 0 Å². The van der Waals surface area contributed by atoms with E-state index in [0.717, 1.165) is 17.8 Å². The molecule has 0 unspecified atom stereocenters. The molecule has 3 heteroatoms. The van der Waals surface area contributed by atoms with Gasteiger partial charge in [-0.15, -0.1) is 0 Å². The SMILES string of the molecule is C=C/C(=N/N(C)Cc1ccncc1)c1ccccc1. The van der Waals surface area contributed by atoms with Crippen LogP contribution in [0.2, 0.25) is 0 Å². The molecule has 0 aliphatic rings. The first-order chi connectivity index (χ1) is 9.29. The number of allylic oxidation sites excluding steroid dienone is 1. The van der Waals surface area contributed by atoms with E-state index in [1.807, 2.05) is 54.5 Å². The minimum Gasteiger partial charge on any atom is -0.295 e. The quantitative estimate of drug-likeness (QED) is 0.603. The molecule has 96 valence electrons. The highest BCUT2D eigenvalue weighted by Gasteiger charge is 2.01. The van der Waals surface area contributed by atoms with Crippen LogP contribution in [0.1, 0.15) is 11.1 Å². The molecule has 0 atom stereocenters. The van der Waals surface area contributed by atoms with Crippen molar-refractivity contribution < 1.29 is 0 Å². The van der Waals surface area contributed by atoms with Gasteiger partial charge in [-0.2, -0.15) is 5.10 Å². The fourth-order valence-corrected chi connectivity index (χ4v) is 1.80. The number of rotatable bonds is 5. The lowest BCUT2D eigenvalue weighted by Gasteiger charge is -2.14. The number of hydrogen-bond donors (Lipinski definition) is 0. The first kappa shape index (κ1) is 13.0. The van der Waals surface area contributed by atoms with Crippen molar-refractivity contribution in [3.63, 3.8) is 0 Å². The third-order valence-electron chi connectivity index (χ3n) is 2.70. The van der Waals surface area contributed by atoms with Crippen LogP contribution in [0.3, 0.4) is 0 Å². The summed E-state index contributed by atoms with van der Waals surface area (Å²) in [6.07, 6.45) is 5.36. The van der Waals surface area contributed by atoms with Gasteiger partial charge in [-0.25, -0.2) is 0 Å². The average molecular weight is 251 g/mol. The smallest absolute Gasteiger partial charge is 0.0898 e.